The lowest BCUT2D eigenvalue weighted by atomic mass is 10.1. The second-order valence-electron chi connectivity index (χ2n) is 5.19. The van der Waals surface area contributed by atoms with Gasteiger partial charge in [0.15, 0.2) is 0 Å². The number of urea groups is 1. The first-order valence-electron chi connectivity index (χ1n) is 7.27. The van der Waals surface area contributed by atoms with E-state index in [1.165, 1.54) is 7.11 Å². The van der Waals surface area contributed by atoms with Gasteiger partial charge in [0.1, 0.15) is 11.5 Å². The minimum Gasteiger partial charge on any atom is -0.465 e. The molecule has 0 saturated carbocycles. The van der Waals surface area contributed by atoms with Gasteiger partial charge in [-0.15, -0.1) is 0 Å². The molecule has 0 aliphatic carbocycles. The fourth-order valence-corrected chi connectivity index (χ4v) is 2.11. The van der Waals surface area contributed by atoms with Crippen LogP contribution in [0.4, 0.5) is 4.79 Å². The molecule has 0 aliphatic heterocycles. The third kappa shape index (κ3) is 4.60. The Morgan fingerprint density at radius 1 is 1.26 bits per heavy atom. The number of carbonyl (C=O) groups excluding carboxylic acids is 2. The van der Waals surface area contributed by atoms with Crippen molar-refractivity contribution in [2.75, 3.05) is 7.11 Å². The van der Waals surface area contributed by atoms with E-state index in [1.54, 1.807) is 18.2 Å². The van der Waals surface area contributed by atoms with E-state index in [4.69, 9.17) is 4.42 Å². The molecule has 0 radical (unpaired) electrons. The number of hydrogen-bond acceptors (Lipinski definition) is 4. The molecule has 1 aromatic heterocycles. The molecule has 0 saturated heterocycles. The van der Waals surface area contributed by atoms with Crippen molar-refractivity contribution in [2.45, 2.75) is 26.4 Å². The summed E-state index contributed by atoms with van der Waals surface area (Å²) < 4.78 is 10.1. The molecule has 1 aromatic carbocycles. The maximum Gasteiger partial charge on any atom is 0.337 e. The second-order valence-corrected chi connectivity index (χ2v) is 5.19. The van der Waals surface area contributed by atoms with Gasteiger partial charge >= 0.3 is 12.0 Å². The van der Waals surface area contributed by atoms with Crippen LogP contribution in [-0.4, -0.2) is 19.1 Å². The quantitative estimate of drug-likeness (QED) is 0.831. The normalized spacial score (nSPS) is 11.6. The molecule has 0 unspecified atom stereocenters. The van der Waals surface area contributed by atoms with Gasteiger partial charge in [0, 0.05) is 6.54 Å². The Labute approximate surface area is 134 Å². The Bertz CT molecular complexity index is 693. The van der Waals surface area contributed by atoms with Crippen LogP contribution in [-0.2, 0) is 11.3 Å². The first-order valence-corrected chi connectivity index (χ1v) is 7.27. The minimum atomic E-state index is -0.405. The van der Waals surface area contributed by atoms with Crippen molar-refractivity contribution < 1.29 is 18.7 Å². The zero-order chi connectivity index (χ0) is 16.8. The third-order valence-electron chi connectivity index (χ3n) is 3.34. The molecule has 1 heterocycles. The van der Waals surface area contributed by atoms with Gasteiger partial charge in [0.2, 0.25) is 0 Å². The molecule has 0 bridgehead atoms. The fourth-order valence-electron chi connectivity index (χ4n) is 2.11. The number of methoxy groups -OCH3 is 1. The van der Waals surface area contributed by atoms with Gasteiger partial charge in [-0.3, -0.25) is 0 Å². The van der Waals surface area contributed by atoms with Crippen molar-refractivity contribution in [1.29, 1.82) is 0 Å². The standard InChI is InChI=1S/C17H20N2O4/c1-11-7-8-15(23-11)12(2)19-17(21)18-10-13-5-4-6-14(9-13)16(20)22-3/h4-9,12H,10H2,1-3H3,(H2,18,19,21)/t12-/m0/s1. The highest BCUT2D eigenvalue weighted by Crippen LogP contribution is 2.15. The molecule has 6 nitrogen and oxygen atoms in total. The van der Waals surface area contributed by atoms with Crippen LogP contribution in [0.15, 0.2) is 40.8 Å². The monoisotopic (exact) mass is 316 g/mol. The lowest BCUT2D eigenvalue weighted by Gasteiger charge is -2.13. The Balaban J connectivity index is 1.88. The number of esters is 1. The van der Waals surface area contributed by atoms with Crippen LogP contribution in [0.25, 0.3) is 0 Å². The summed E-state index contributed by atoms with van der Waals surface area (Å²) in [6.07, 6.45) is 0. The van der Waals surface area contributed by atoms with Gasteiger partial charge in [-0.1, -0.05) is 12.1 Å². The average molecular weight is 316 g/mol. The highest BCUT2D eigenvalue weighted by molar-refractivity contribution is 5.89. The molecule has 122 valence electrons. The predicted molar refractivity (Wildman–Crippen MR) is 85.0 cm³/mol. The van der Waals surface area contributed by atoms with Crippen LogP contribution < -0.4 is 10.6 Å². The van der Waals surface area contributed by atoms with Crippen molar-refractivity contribution in [3.05, 3.63) is 59.0 Å². The van der Waals surface area contributed by atoms with E-state index >= 15 is 0 Å². The molecule has 2 amide bonds. The van der Waals surface area contributed by atoms with E-state index in [1.807, 2.05) is 32.0 Å². The van der Waals surface area contributed by atoms with Crippen LogP contribution in [0.5, 0.6) is 0 Å². The molecule has 0 spiro atoms. The maximum absolute atomic E-state index is 11.9. The summed E-state index contributed by atoms with van der Waals surface area (Å²) in [5, 5.41) is 5.54. The van der Waals surface area contributed by atoms with Crippen molar-refractivity contribution in [3.8, 4) is 0 Å². The molecular weight excluding hydrogens is 296 g/mol. The fraction of sp³-hybridized carbons (Fsp3) is 0.294. The number of hydrogen-bond donors (Lipinski definition) is 2. The summed E-state index contributed by atoms with van der Waals surface area (Å²) >= 11 is 0. The number of nitrogens with one attached hydrogen (secondary N) is 2. The van der Waals surface area contributed by atoms with Crippen molar-refractivity contribution in [2.24, 2.45) is 0 Å². The third-order valence-corrected chi connectivity index (χ3v) is 3.34. The van der Waals surface area contributed by atoms with E-state index in [2.05, 4.69) is 15.4 Å². The summed E-state index contributed by atoms with van der Waals surface area (Å²) in [4.78, 5) is 23.4. The lowest BCUT2D eigenvalue weighted by molar-refractivity contribution is 0.0600. The first kappa shape index (κ1) is 16.6. The summed E-state index contributed by atoms with van der Waals surface area (Å²) in [5.74, 6) is 1.09. The molecule has 2 aromatic rings. The summed E-state index contributed by atoms with van der Waals surface area (Å²) in [6, 6.07) is 10.1. The molecule has 0 fully saturated rings. The topological polar surface area (TPSA) is 80.6 Å². The van der Waals surface area contributed by atoms with Crippen LogP contribution in [0.3, 0.4) is 0 Å². The number of furan rings is 1. The highest BCUT2D eigenvalue weighted by atomic mass is 16.5. The summed E-state index contributed by atoms with van der Waals surface area (Å²) in [7, 11) is 1.33. The van der Waals surface area contributed by atoms with E-state index < -0.39 is 5.97 Å². The van der Waals surface area contributed by atoms with Gasteiger partial charge in [-0.2, -0.15) is 0 Å². The largest absolute Gasteiger partial charge is 0.465 e. The number of benzene rings is 1. The number of carbonyl (C=O) groups is 2. The van der Waals surface area contributed by atoms with Crippen LogP contribution >= 0.6 is 0 Å². The molecule has 1 atom stereocenters. The predicted octanol–water partition coefficient (Wildman–Crippen LogP) is 2.94. The molecule has 2 N–H and O–H groups in total. The Hall–Kier alpha value is -2.76. The van der Waals surface area contributed by atoms with Gasteiger partial charge in [-0.05, 0) is 43.7 Å². The average Bonchev–Trinajstić information content (AvgIpc) is 2.99. The van der Waals surface area contributed by atoms with E-state index in [-0.39, 0.29) is 12.1 Å². The molecule has 23 heavy (non-hydrogen) atoms. The van der Waals surface area contributed by atoms with Crippen molar-refractivity contribution in [3.63, 3.8) is 0 Å². The van der Waals surface area contributed by atoms with Crippen LogP contribution in [0.2, 0.25) is 0 Å². The second kappa shape index (κ2) is 7.49. The van der Waals surface area contributed by atoms with Crippen molar-refractivity contribution in [1.82, 2.24) is 10.6 Å². The molecule has 6 heteroatoms. The Morgan fingerprint density at radius 3 is 2.70 bits per heavy atom. The zero-order valence-electron chi connectivity index (χ0n) is 13.4. The minimum absolute atomic E-state index is 0.231. The summed E-state index contributed by atoms with van der Waals surface area (Å²) in [6.45, 7) is 4.00. The van der Waals surface area contributed by atoms with Crippen LogP contribution in [0.1, 0.15) is 40.4 Å². The highest BCUT2D eigenvalue weighted by Gasteiger charge is 2.12. The molecular formula is C17H20N2O4. The van der Waals surface area contributed by atoms with E-state index in [0.29, 0.717) is 17.9 Å². The number of aryl methyl sites for hydroxylation is 1. The Kier molecular flexibility index (Phi) is 5.41. The van der Waals surface area contributed by atoms with Gasteiger partial charge in [0.25, 0.3) is 0 Å². The SMILES string of the molecule is COC(=O)c1cccc(CNC(=O)N[C@@H](C)c2ccc(C)o2)c1. The van der Waals surface area contributed by atoms with Gasteiger partial charge in [0.05, 0.1) is 18.7 Å². The van der Waals surface area contributed by atoms with E-state index in [9.17, 15) is 9.59 Å². The lowest BCUT2D eigenvalue weighted by Crippen LogP contribution is -2.36. The summed E-state index contributed by atoms with van der Waals surface area (Å²) in [5.41, 5.74) is 1.26. The first-order chi connectivity index (χ1) is 11.0. The molecule has 0 aliphatic rings. The number of rotatable bonds is 5. The van der Waals surface area contributed by atoms with E-state index in [0.717, 1.165) is 11.3 Å². The van der Waals surface area contributed by atoms with Crippen molar-refractivity contribution >= 4 is 12.0 Å². The number of amides is 2. The molecule has 2 rings (SSSR count). The maximum atomic E-state index is 11.9. The smallest absolute Gasteiger partial charge is 0.337 e. The Morgan fingerprint density at radius 2 is 2.04 bits per heavy atom. The number of ether oxygens (including phenoxy) is 1. The van der Waals surface area contributed by atoms with Gasteiger partial charge in [-0.25, -0.2) is 9.59 Å². The zero-order valence-corrected chi connectivity index (χ0v) is 13.4. The van der Waals surface area contributed by atoms with Crippen LogP contribution in [0, 0.1) is 6.92 Å². The van der Waals surface area contributed by atoms with Gasteiger partial charge < -0.3 is 19.8 Å².